The molecule has 0 aliphatic carbocycles. The molecule has 0 heterocycles. The van der Waals surface area contributed by atoms with Crippen LogP contribution in [0.4, 0.5) is 0 Å². The normalized spacial score (nSPS) is 11.7. The molecule has 0 aromatic heterocycles. The monoisotopic (exact) mass is 158 g/mol. The van der Waals surface area contributed by atoms with Gasteiger partial charge in [-0.2, -0.15) is 0 Å². The Bertz CT molecular complexity index is 108. The van der Waals surface area contributed by atoms with E-state index in [9.17, 15) is 0 Å². The quantitative estimate of drug-likeness (QED) is 0.436. The molecule has 0 saturated heterocycles. The van der Waals surface area contributed by atoms with Crippen molar-refractivity contribution in [3.63, 3.8) is 0 Å². The van der Waals surface area contributed by atoms with Crippen LogP contribution in [0, 0.1) is 0 Å². The lowest BCUT2D eigenvalue weighted by molar-refractivity contribution is 0.0810. The van der Waals surface area contributed by atoms with E-state index in [-0.39, 0.29) is 0 Å². The molecule has 11 heavy (non-hydrogen) atoms. The van der Waals surface area contributed by atoms with Gasteiger partial charge in [0.2, 0.25) is 0 Å². The first-order valence-corrected chi connectivity index (χ1v) is 4.20. The van der Waals surface area contributed by atoms with E-state index < -0.39 is 0 Å². The zero-order chi connectivity index (χ0) is 8.53. The van der Waals surface area contributed by atoms with Gasteiger partial charge in [0.25, 0.3) is 0 Å². The second-order valence-corrected chi connectivity index (χ2v) is 2.15. The molecule has 0 aromatic rings. The fourth-order valence-electron chi connectivity index (χ4n) is 0.766. The molecule has 0 atom stereocenters. The van der Waals surface area contributed by atoms with Crippen LogP contribution in [0.5, 0.6) is 0 Å². The second-order valence-electron chi connectivity index (χ2n) is 2.15. The van der Waals surface area contributed by atoms with E-state index in [2.05, 4.69) is 6.92 Å². The zero-order valence-electron chi connectivity index (χ0n) is 7.72. The molecule has 0 radical (unpaired) electrons. The van der Waals surface area contributed by atoms with Gasteiger partial charge in [-0.3, -0.25) is 0 Å². The summed E-state index contributed by atoms with van der Waals surface area (Å²) in [7, 11) is 0. The van der Waals surface area contributed by atoms with E-state index in [1.165, 1.54) is 0 Å². The van der Waals surface area contributed by atoms with Gasteiger partial charge in [-0.25, -0.2) is 0 Å². The fourth-order valence-corrected chi connectivity index (χ4v) is 0.766. The summed E-state index contributed by atoms with van der Waals surface area (Å²) in [6, 6.07) is 0. The van der Waals surface area contributed by atoms with Crippen molar-refractivity contribution in [1.29, 1.82) is 0 Å². The van der Waals surface area contributed by atoms with Crippen LogP contribution in [-0.4, -0.2) is 19.8 Å². The highest BCUT2D eigenvalue weighted by atomic mass is 16.5. The second kappa shape index (κ2) is 7.61. The Morgan fingerprint density at radius 1 is 1.27 bits per heavy atom. The van der Waals surface area contributed by atoms with Crippen LogP contribution in [0.15, 0.2) is 11.8 Å². The van der Waals surface area contributed by atoms with Crippen molar-refractivity contribution < 1.29 is 9.47 Å². The molecule has 0 fully saturated rings. The van der Waals surface area contributed by atoms with Crippen LogP contribution in [0.25, 0.3) is 0 Å². The molecule has 0 bridgehead atoms. The molecule has 0 spiro atoms. The highest BCUT2D eigenvalue weighted by molar-refractivity contribution is 4.88. The van der Waals surface area contributed by atoms with Crippen LogP contribution in [-0.2, 0) is 9.47 Å². The van der Waals surface area contributed by atoms with Crippen LogP contribution >= 0.6 is 0 Å². The molecule has 0 aromatic carbocycles. The van der Waals surface area contributed by atoms with Gasteiger partial charge in [0.05, 0.1) is 12.4 Å². The first-order chi connectivity index (χ1) is 5.35. The predicted octanol–water partition coefficient (Wildman–Crippen LogP) is 2.35. The summed E-state index contributed by atoms with van der Waals surface area (Å²) in [5.41, 5.74) is 0. The van der Waals surface area contributed by atoms with Gasteiger partial charge in [-0.15, -0.1) is 0 Å². The molecule has 0 aliphatic heterocycles. The fraction of sp³-hybridized carbons (Fsp3) is 0.778. The van der Waals surface area contributed by atoms with Crippen molar-refractivity contribution >= 4 is 0 Å². The molecule has 66 valence electrons. The van der Waals surface area contributed by atoms with Gasteiger partial charge in [0, 0.05) is 13.0 Å². The van der Waals surface area contributed by atoms with Crippen molar-refractivity contribution in [3.05, 3.63) is 11.8 Å². The average Bonchev–Trinajstić information content (AvgIpc) is 2.05. The van der Waals surface area contributed by atoms with Crippen LogP contribution < -0.4 is 0 Å². The van der Waals surface area contributed by atoms with E-state index in [0.717, 1.165) is 18.8 Å². The molecule has 0 unspecified atom stereocenters. The van der Waals surface area contributed by atoms with Crippen molar-refractivity contribution in [1.82, 2.24) is 0 Å². The molecule has 0 aliphatic rings. The number of rotatable bonds is 6. The molecule has 2 heteroatoms. The minimum absolute atomic E-state index is 0.668. The van der Waals surface area contributed by atoms with Crippen molar-refractivity contribution in [2.24, 2.45) is 0 Å². The van der Waals surface area contributed by atoms with Crippen LogP contribution in [0.3, 0.4) is 0 Å². The van der Waals surface area contributed by atoms with E-state index in [4.69, 9.17) is 9.47 Å². The average molecular weight is 158 g/mol. The Morgan fingerprint density at radius 2 is 2.00 bits per heavy atom. The van der Waals surface area contributed by atoms with Crippen molar-refractivity contribution in [2.45, 2.75) is 27.2 Å². The lowest BCUT2D eigenvalue weighted by atomic mass is 10.4. The lowest BCUT2D eigenvalue weighted by Crippen LogP contribution is -2.03. The van der Waals surface area contributed by atoms with Gasteiger partial charge in [0.15, 0.2) is 0 Å². The van der Waals surface area contributed by atoms with Crippen LogP contribution in [0.1, 0.15) is 27.2 Å². The Hall–Kier alpha value is -0.500. The third-order valence-corrected chi connectivity index (χ3v) is 1.39. The Labute approximate surface area is 69.2 Å². The summed E-state index contributed by atoms with van der Waals surface area (Å²) in [5, 5.41) is 0. The zero-order valence-corrected chi connectivity index (χ0v) is 7.72. The number of ether oxygens (including phenoxy) is 2. The van der Waals surface area contributed by atoms with Crippen molar-refractivity contribution in [2.75, 3.05) is 19.8 Å². The lowest BCUT2D eigenvalue weighted by Gasteiger charge is -2.07. The molecule has 0 N–H and O–H groups in total. The SMILES string of the molecule is CC=C(CC)OCCOCC. The van der Waals surface area contributed by atoms with Gasteiger partial charge < -0.3 is 9.47 Å². The van der Waals surface area contributed by atoms with Gasteiger partial charge in [0.1, 0.15) is 6.61 Å². The maximum atomic E-state index is 5.38. The summed E-state index contributed by atoms with van der Waals surface area (Å²) in [5.74, 6) is 1.05. The van der Waals surface area contributed by atoms with Gasteiger partial charge in [-0.05, 0) is 19.9 Å². The predicted molar refractivity (Wildman–Crippen MR) is 46.5 cm³/mol. The van der Waals surface area contributed by atoms with E-state index >= 15 is 0 Å². The molecule has 0 saturated carbocycles. The summed E-state index contributed by atoms with van der Waals surface area (Å²) < 4.78 is 10.5. The molecular formula is C9H18O2. The highest BCUT2D eigenvalue weighted by Crippen LogP contribution is 2.01. The highest BCUT2D eigenvalue weighted by Gasteiger charge is 1.91. The molecule has 0 rings (SSSR count). The number of allylic oxidation sites excluding steroid dienone is 2. The topological polar surface area (TPSA) is 18.5 Å². The summed E-state index contributed by atoms with van der Waals surface area (Å²) >= 11 is 0. The Morgan fingerprint density at radius 3 is 2.45 bits per heavy atom. The minimum atomic E-state index is 0.668. The minimum Gasteiger partial charge on any atom is -0.496 e. The maximum Gasteiger partial charge on any atom is 0.111 e. The van der Waals surface area contributed by atoms with E-state index in [1.807, 2.05) is 19.9 Å². The Balaban J connectivity index is 3.22. The van der Waals surface area contributed by atoms with Gasteiger partial charge >= 0.3 is 0 Å². The third-order valence-electron chi connectivity index (χ3n) is 1.39. The maximum absolute atomic E-state index is 5.38. The molecule has 2 nitrogen and oxygen atoms in total. The standard InChI is InChI=1S/C9H18O2/c1-4-9(5-2)11-8-7-10-6-3/h4H,5-8H2,1-3H3. The number of hydrogen-bond donors (Lipinski definition) is 0. The largest absolute Gasteiger partial charge is 0.496 e. The summed E-state index contributed by atoms with van der Waals surface area (Å²) in [6.07, 6.45) is 2.95. The van der Waals surface area contributed by atoms with E-state index in [0.29, 0.717) is 13.2 Å². The first kappa shape index (κ1) is 10.5. The molecular weight excluding hydrogens is 140 g/mol. The first-order valence-electron chi connectivity index (χ1n) is 4.20. The van der Waals surface area contributed by atoms with Crippen molar-refractivity contribution in [3.8, 4) is 0 Å². The Kier molecular flexibility index (Phi) is 7.26. The molecule has 0 amide bonds. The summed E-state index contributed by atoms with van der Waals surface area (Å²) in [6.45, 7) is 8.17. The summed E-state index contributed by atoms with van der Waals surface area (Å²) in [4.78, 5) is 0. The van der Waals surface area contributed by atoms with Gasteiger partial charge in [-0.1, -0.05) is 6.92 Å². The van der Waals surface area contributed by atoms with Crippen LogP contribution in [0.2, 0.25) is 0 Å². The van der Waals surface area contributed by atoms with E-state index in [1.54, 1.807) is 0 Å². The number of hydrogen-bond acceptors (Lipinski definition) is 2. The third kappa shape index (κ3) is 5.92. The smallest absolute Gasteiger partial charge is 0.111 e.